The monoisotopic (exact) mass is 257 g/mol. The molecular weight excluding hydrogens is 240 g/mol. The number of unbranched alkanes of at least 4 members (excludes halogenated alkanes) is 1. The molecule has 0 fully saturated rings. The third-order valence-electron chi connectivity index (χ3n) is 2.91. The zero-order chi connectivity index (χ0) is 13.8. The molecule has 3 nitrogen and oxygen atoms in total. The molecule has 0 saturated carbocycles. The Bertz CT molecular complexity index is 437. The van der Waals surface area contributed by atoms with Crippen molar-refractivity contribution >= 4 is 5.97 Å². The van der Waals surface area contributed by atoms with Crippen LogP contribution in [-0.4, -0.2) is 16.6 Å². The highest BCUT2D eigenvalue weighted by molar-refractivity contribution is 5.78. The Balaban J connectivity index is 2.89. The molecule has 0 aromatic heterocycles. The number of aliphatic carboxylic acids is 1. The van der Waals surface area contributed by atoms with Crippen LogP contribution in [0.2, 0.25) is 0 Å². The van der Waals surface area contributed by atoms with Crippen molar-refractivity contribution in [2.75, 3.05) is 0 Å². The molecule has 0 aliphatic carbocycles. The lowest BCUT2D eigenvalue weighted by Gasteiger charge is -2.24. The van der Waals surface area contributed by atoms with Gasteiger partial charge in [0.15, 0.2) is 11.6 Å². The first-order valence-electron chi connectivity index (χ1n) is 5.85. The molecule has 1 aromatic rings. The van der Waals surface area contributed by atoms with Gasteiger partial charge in [0, 0.05) is 6.42 Å². The Kier molecular flexibility index (Phi) is 4.78. The number of halogens is 2. The SMILES string of the molecule is CCCC[C@@](N)(Cc1ccc(F)c(F)c1)C(=O)O. The molecule has 0 radical (unpaired) electrons. The Morgan fingerprint density at radius 3 is 2.56 bits per heavy atom. The standard InChI is InChI=1S/C13H17F2NO2/c1-2-3-6-13(16,12(17)18)8-9-4-5-10(14)11(15)7-9/h4-5,7H,2-3,6,8,16H2,1H3,(H,17,18)/t13-/m1/s1. The van der Waals surface area contributed by atoms with Gasteiger partial charge in [0.25, 0.3) is 0 Å². The van der Waals surface area contributed by atoms with Gasteiger partial charge in [-0.1, -0.05) is 25.8 Å². The van der Waals surface area contributed by atoms with Crippen molar-refractivity contribution < 1.29 is 18.7 Å². The van der Waals surface area contributed by atoms with E-state index in [1.165, 1.54) is 6.07 Å². The molecule has 1 aromatic carbocycles. The third-order valence-corrected chi connectivity index (χ3v) is 2.91. The summed E-state index contributed by atoms with van der Waals surface area (Å²) in [7, 11) is 0. The number of benzene rings is 1. The highest BCUT2D eigenvalue weighted by Gasteiger charge is 2.33. The molecule has 100 valence electrons. The molecule has 1 atom stereocenters. The van der Waals surface area contributed by atoms with Crippen LogP contribution in [-0.2, 0) is 11.2 Å². The second-order valence-electron chi connectivity index (χ2n) is 4.49. The molecule has 0 saturated heterocycles. The Labute approximate surface area is 105 Å². The Morgan fingerprint density at radius 1 is 1.39 bits per heavy atom. The third kappa shape index (κ3) is 3.50. The van der Waals surface area contributed by atoms with E-state index in [1.807, 2.05) is 6.92 Å². The number of carboxylic acid groups (broad SMARTS) is 1. The molecule has 0 aliphatic heterocycles. The van der Waals surface area contributed by atoms with Crippen LogP contribution in [0, 0.1) is 11.6 Å². The summed E-state index contributed by atoms with van der Waals surface area (Å²) in [5.74, 6) is -3.07. The summed E-state index contributed by atoms with van der Waals surface area (Å²) in [5, 5.41) is 9.15. The van der Waals surface area contributed by atoms with Crippen LogP contribution in [0.1, 0.15) is 31.7 Å². The van der Waals surface area contributed by atoms with Crippen molar-refractivity contribution in [2.24, 2.45) is 5.73 Å². The van der Waals surface area contributed by atoms with Crippen molar-refractivity contribution in [1.82, 2.24) is 0 Å². The molecule has 3 N–H and O–H groups in total. The zero-order valence-electron chi connectivity index (χ0n) is 10.2. The molecule has 0 spiro atoms. The summed E-state index contributed by atoms with van der Waals surface area (Å²) >= 11 is 0. The van der Waals surface area contributed by atoms with Gasteiger partial charge in [-0.05, 0) is 24.1 Å². The molecule has 1 rings (SSSR count). The second-order valence-corrected chi connectivity index (χ2v) is 4.49. The van der Waals surface area contributed by atoms with E-state index in [1.54, 1.807) is 0 Å². The Morgan fingerprint density at radius 2 is 2.06 bits per heavy atom. The van der Waals surface area contributed by atoms with E-state index in [0.29, 0.717) is 18.4 Å². The van der Waals surface area contributed by atoms with Crippen LogP contribution < -0.4 is 5.73 Å². The van der Waals surface area contributed by atoms with Gasteiger partial charge in [-0.15, -0.1) is 0 Å². The van der Waals surface area contributed by atoms with Gasteiger partial charge in [0.2, 0.25) is 0 Å². The molecule has 0 heterocycles. The Hall–Kier alpha value is -1.49. The second kappa shape index (κ2) is 5.91. The number of rotatable bonds is 6. The van der Waals surface area contributed by atoms with Crippen molar-refractivity contribution in [3.05, 3.63) is 35.4 Å². The van der Waals surface area contributed by atoms with E-state index in [0.717, 1.165) is 18.6 Å². The first kappa shape index (κ1) is 14.6. The number of nitrogens with two attached hydrogens (primary N) is 1. The van der Waals surface area contributed by atoms with E-state index in [2.05, 4.69) is 0 Å². The first-order chi connectivity index (χ1) is 8.39. The highest BCUT2D eigenvalue weighted by Crippen LogP contribution is 2.19. The topological polar surface area (TPSA) is 63.3 Å². The number of carbonyl (C=O) groups is 1. The van der Waals surface area contributed by atoms with Gasteiger partial charge < -0.3 is 10.8 Å². The number of carboxylic acids is 1. The number of hydrogen-bond donors (Lipinski definition) is 2. The maximum Gasteiger partial charge on any atom is 0.324 e. The van der Waals surface area contributed by atoms with Crippen LogP contribution in [0.5, 0.6) is 0 Å². The summed E-state index contributed by atoms with van der Waals surface area (Å²) in [6.07, 6.45) is 1.79. The van der Waals surface area contributed by atoms with Gasteiger partial charge in [-0.3, -0.25) is 4.79 Å². The molecule has 18 heavy (non-hydrogen) atoms. The van der Waals surface area contributed by atoms with Crippen LogP contribution in [0.15, 0.2) is 18.2 Å². The first-order valence-corrected chi connectivity index (χ1v) is 5.85. The lowest BCUT2D eigenvalue weighted by atomic mass is 9.87. The van der Waals surface area contributed by atoms with E-state index < -0.39 is 23.1 Å². The predicted molar refractivity (Wildman–Crippen MR) is 64.1 cm³/mol. The summed E-state index contributed by atoms with van der Waals surface area (Å²) in [4.78, 5) is 11.2. The van der Waals surface area contributed by atoms with Crippen molar-refractivity contribution in [2.45, 2.75) is 38.1 Å². The fraction of sp³-hybridized carbons (Fsp3) is 0.462. The van der Waals surface area contributed by atoms with E-state index in [9.17, 15) is 13.6 Å². The summed E-state index contributed by atoms with van der Waals surface area (Å²) in [6, 6.07) is 3.33. The smallest absolute Gasteiger partial charge is 0.324 e. The van der Waals surface area contributed by atoms with Gasteiger partial charge in [-0.2, -0.15) is 0 Å². The van der Waals surface area contributed by atoms with Crippen molar-refractivity contribution in [3.8, 4) is 0 Å². The van der Waals surface area contributed by atoms with Crippen molar-refractivity contribution in [1.29, 1.82) is 0 Å². The van der Waals surface area contributed by atoms with Crippen molar-refractivity contribution in [3.63, 3.8) is 0 Å². The normalized spacial score (nSPS) is 14.2. The van der Waals surface area contributed by atoms with E-state index in [-0.39, 0.29) is 6.42 Å². The van der Waals surface area contributed by atoms with Crippen LogP contribution in [0.4, 0.5) is 8.78 Å². The molecule has 0 aliphatic rings. The highest BCUT2D eigenvalue weighted by atomic mass is 19.2. The minimum atomic E-state index is -1.43. The van der Waals surface area contributed by atoms with Gasteiger partial charge in [-0.25, -0.2) is 8.78 Å². The van der Waals surface area contributed by atoms with Crippen LogP contribution in [0.25, 0.3) is 0 Å². The summed E-state index contributed by atoms with van der Waals surface area (Å²) < 4.78 is 25.8. The average Bonchev–Trinajstić information content (AvgIpc) is 2.31. The average molecular weight is 257 g/mol. The maximum absolute atomic E-state index is 13.0. The fourth-order valence-corrected chi connectivity index (χ4v) is 1.78. The van der Waals surface area contributed by atoms with Gasteiger partial charge in [0.05, 0.1) is 0 Å². The molecule has 0 bridgehead atoms. The zero-order valence-corrected chi connectivity index (χ0v) is 10.2. The molecule has 5 heteroatoms. The predicted octanol–water partition coefficient (Wildman–Crippen LogP) is 2.48. The quantitative estimate of drug-likeness (QED) is 0.823. The van der Waals surface area contributed by atoms with Gasteiger partial charge >= 0.3 is 5.97 Å². The number of hydrogen-bond acceptors (Lipinski definition) is 2. The van der Waals surface area contributed by atoms with Gasteiger partial charge in [0.1, 0.15) is 5.54 Å². The lowest BCUT2D eigenvalue weighted by molar-refractivity contribution is -0.143. The van der Waals surface area contributed by atoms with E-state index in [4.69, 9.17) is 10.8 Å². The maximum atomic E-state index is 13.0. The fourth-order valence-electron chi connectivity index (χ4n) is 1.78. The van der Waals surface area contributed by atoms with Crippen LogP contribution in [0.3, 0.4) is 0 Å². The molecular formula is C13H17F2NO2. The largest absolute Gasteiger partial charge is 0.480 e. The van der Waals surface area contributed by atoms with E-state index >= 15 is 0 Å². The lowest BCUT2D eigenvalue weighted by Crippen LogP contribution is -2.49. The van der Waals surface area contributed by atoms with Crippen LogP contribution >= 0.6 is 0 Å². The molecule has 0 unspecified atom stereocenters. The summed E-state index contributed by atoms with van der Waals surface area (Å²) in [6.45, 7) is 1.93. The molecule has 0 amide bonds. The minimum Gasteiger partial charge on any atom is -0.480 e. The minimum absolute atomic E-state index is 0.0144. The summed E-state index contributed by atoms with van der Waals surface area (Å²) in [5.41, 5.74) is 4.79.